The maximum Gasteiger partial charge on any atom is 0.216 e. The van der Waals surface area contributed by atoms with Crippen molar-refractivity contribution >= 4 is 11.0 Å². The van der Waals surface area contributed by atoms with Gasteiger partial charge in [0.25, 0.3) is 0 Å². The Balaban J connectivity index is 1.36. The van der Waals surface area contributed by atoms with Crippen LogP contribution in [0.15, 0.2) is 43.0 Å². The van der Waals surface area contributed by atoms with Gasteiger partial charge in [-0.3, -0.25) is 0 Å². The van der Waals surface area contributed by atoms with Crippen LogP contribution in [-0.4, -0.2) is 31.5 Å². The number of nitrogens with one attached hydrogen (secondary N) is 1. The van der Waals surface area contributed by atoms with E-state index in [0.717, 1.165) is 40.7 Å². The molecule has 0 spiro atoms. The second-order valence-electron chi connectivity index (χ2n) is 7.61. The summed E-state index contributed by atoms with van der Waals surface area (Å²) in [4.78, 5) is 20.5. The Labute approximate surface area is 173 Å². The van der Waals surface area contributed by atoms with E-state index in [1.54, 1.807) is 12.5 Å². The molecule has 1 aliphatic carbocycles. The van der Waals surface area contributed by atoms with E-state index in [9.17, 15) is 4.39 Å². The van der Waals surface area contributed by atoms with Gasteiger partial charge in [-0.2, -0.15) is 4.39 Å². The molecule has 0 amide bonds. The van der Waals surface area contributed by atoms with Gasteiger partial charge in [0.1, 0.15) is 12.0 Å². The number of hydrogen-bond acceptors (Lipinski definition) is 5. The lowest BCUT2D eigenvalue weighted by Crippen LogP contribution is -2.01. The SMILES string of the molecule is CCOc1ccc(Cc2ccc(Cc3c[nH]c4ncnc(C5CC5)c34)c(F)n2)cn1. The lowest BCUT2D eigenvalue weighted by molar-refractivity contribution is 0.326. The third kappa shape index (κ3) is 3.75. The largest absolute Gasteiger partial charge is 0.478 e. The van der Waals surface area contributed by atoms with E-state index < -0.39 is 5.95 Å². The van der Waals surface area contributed by atoms with Crippen LogP contribution >= 0.6 is 0 Å². The Morgan fingerprint density at radius 2 is 1.97 bits per heavy atom. The number of nitrogens with zero attached hydrogens (tertiary/aromatic N) is 4. The molecule has 0 aliphatic heterocycles. The fourth-order valence-corrected chi connectivity index (χ4v) is 3.75. The van der Waals surface area contributed by atoms with Gasteiger partial charge >= 0.3 is 0 Å². The van der Waals surface area contributed by atoms with Crippen molar-refractivity contribution in [3.8, 4) is 5.88 Å². The summed E-state index contributed by atoms with van der Waals surface area (Å²) in [5, 5.41) is 1.03. The van der Waals surface area contributed by atoms with E-state index in [1.165, 1.54) is 0 Å². The molecule has 0 radical (unpaired) electrons. The summed E-state index contributed by atoms with van der Waals surface area (Å²) in [6.45, 7) is 2.49. The Morgan fingerprint density at radius 3 is 2.70 bits per heavy atom. The van der Waals surface area contributed by atoms with Crippen molar-refractivity contribution in [3.63, 3.8) is 0 Å². The summed E-state index contributed by atoms with van der Waals surface area (Å²) in [6, 6.07) is 7.44. The topological polar surface area (TPSA) is 76.6 Å². The third-order valence-electron chi connectivity index (χ3n) is 5.38. The van der Waals surface area contributed by atoms with E-state index in [-0.39, 0.29) is 0 Å². The lowest BCUT2D eigenvalue weighted by atomic mass is 10.0. The average Bonchev–Trinajstić information content (AvgIpc) is 3.52. The minimum absolute atomic E-state index is 0.439. The van der Waals surface area contributed by atoms with Crippen molar-refractivity contribution in [1.82, 2.24) is 24.9 Å². The molecule has 0 unspecified atom stereocenters. The highest BCUT2D eigenvalue weighted by Gasteiger charge is 2.28. The molecule has 1 N–H and O–H groups in total. The van der Waals surface area contributed by atoms with Gasteiger partial charge in [0.15, 0.2) is 0 Å². The molecule has 152 valence electrons. The number of aromatic amines is 1. The van der Waals surface area contributed by atoms with Gasteiger partial charge in [-0.15, -0.1) is 0 Å². The van der Waals surface area contributed by atoms with Crippen LogP contribution in [0, 0.1) is 5.95 Å². The third-order valence-corrected chi connectivity index (χ3v) is 5.38. The number of ether oxygens (including phenoxy) is 1. The molecule has 7 heteroatoms. The average molecular weight is 403 g/mol. The molecule has 0 atom stereocenters. The van der Waals surface area contributed by atoms with Gasteiger partial charge in [0, 0.05) is 53.9 Å². The fraction of sp³-hybridized carbons (Fsp3) is 0.304. The number of aromatic nitrogens is 5. The van der Waals surface area contributed by atoms with Gasteiger partial charge in [0.05, 0.1) is 12.3 Å². The van der Waals surface area contributed by atoms with Crippen molar-refractivity contribution in [2.75, 3.05) is 6.61 Å². The van der Waals surface area contributed by atoms with Crippen LogP contribution < -0.4 is 4.74 Å². The standard InChI is InChI=1S/C23H22FN5O/c1-2-30-19-8-3-14(11-25-19)9-18-7-6-16(22(24)29-18)10-17-12-26-23-20(17)21(15-4-5-15)27-13-28-23/h3,6-8,11-13,15H,2,4-5,9-10H2,1H3,(H,26,27,28). The van der Waals surface area contributed by atoms with Crippen molar-refractivity contribution in [2.24, 2.45) is 0 Å². The van der Waals surface area contributed by atoms with E-state index in [1.807, 2.05) is 37.4 Å². The highest BCUT2D eigenvalue weighted by Crippen LogP contribution is 2.42. The summed E-state index contributed by atoms with van der Waals surface area (Å²) >= 11 is 0. The molecule has 0 bridgehead atoms. The summed E-state index contributed by atoms with van der Waals surface area (Å²) in [6.07, 6.45) is 8.53. The zero-order valence-corrected chi connectivity index (χ0v) is 16.7. The molecule has 5 rings (SSSR count). The van der Waals surface area contributed by atoms with Crippen molar-refractivity contribution < 1.29 is 9.13 Å². The van der Waals surface area contributed by atoms with Gasteiger partial charge in [-0.05, 0) is 37.0 Å². The van der Waals surface area contributed by atoms with Crippen LogP contribution in [0.2, 0.25) is 0 Å². The first-order chi connectivity index (χ1) is 14.7. The molecular formula is C23H22FN5O. The Morgan fingerprint density at radius 1 is 1.07 bits per heavy atom. The first-order valence-corrected chi connectivity index (χ1v) is 10.2. The zero-order chi connectivity index (χ0) is 20.5. The van der Waals surface area contributed by atoms with Gasteiger partial charge in [-0.25, -0.2) is 19.9 Å². The molecule has 1 fully saturated rings. The molecule has 4 heterocycles. The van der Waals surface area contributed by atoms with E-state index in [2.05, 4.69) is 24.9 Å². The first-order valence-electron chi connectivity index (χ1n) is 10.2. The first kappa shape index (κ1) is 18.7. The zero-order valence-electron chi connectivity index (χ0n) is 16.7. The van der Waals surface area contributed by atoms with Crippen LogP contribution in [0.25, 0.3) is 11.0 Å². The van der Waals surface area contributed by atoms with E-state index in [4.69, 9.17) is 4.74 Å². The van der Waals surface area contributed by atoms with Gasteiger partial charge in [-0.1, -0.05) is 12.1 Å². The van der Waals surface area contributed by atoms with Crippen molar-refractivity contribution in [3.05, 3.63) is 77.0 Å². The van der Waals surface area contributed by atoms with E-state index >= 15 is 0 Å². The minimum atomic E-state index is -0.439. The van der Waals surface area contributed by atoms with Crippen LogP contribution in [0.5, 0.6) is 5.88 Å². The molecule has 4 aromatic rings. The number of hydrogen-bond donors (Lipinski definition) is 1. The Kier molecular flexibility index (Phi) is 4.86. The van der Waals surface area contributed by atoms with Crippen LogP contribution in [0.4, 0.5) is 4.39 Å². The smallest absolute Gasteiger partial charge is 0.216 e. The van der Waals surface area contributed by atoms with Crippen molar-refractivity contribution in [2.45, 2.75) is 38.5 Å². The normalized spacial score (nSPS) is 13.7. The molecule has 1 saturated carbocycles. The lowest BCUT2D eigenvalue weighted by Gasteiger charge is -2.07. The molecule has 0 aromatic carbocycles. The predicted octanol–water partition coefficient (Wildman–Crippen LogP) is 4.34. The monoisotopic (exact) mass is 403 g/mol. The summed E-state index contributed by atoms with van der Waals surface area (Å²) < 4.78 is 20.1. The Bertz CT molecular complexity index is 1180. The summed E-state index contributed by atoms with van der Waals surface area (Å²) in [5.74, 6) is 0.646. The second-order valence-corrected chi connectivity index (χ2v) is 7.61. The van der Waals surface area contributed by atoms with Gasteiger partial charge in [0.2, 0.25) is 11.8 Å². The number of halogens is 1. The molecule has 30 heavy (non-hydrogen) atoms. The fourth-order valence-electron chi connectivity index (χ4n) is 3.75. The summed E-state index contributed by atoms with van der Waals surface area (Å²) in [7, 11) is 0. The van der Waals surface area contributed by atoms with E-state index in [0.29, 0.717) is 42.5 Å². The summed E-state index contributed by atoms with van der Waals surface area (Å²) in [5.41, 5.74) is 5.09. The minimum Gasteiger partial charge on any atom is -0.478 e. The van der Waals surface area contributed by atoms with Crippen molar-refractivity contribution in [1.29, 1.82) is 0 Å². The maximum absolute atomic E-state index is 14.8. The number of H-pyrrole nitrogens is 1. The predicted molar refractivity (Wildman–Crippen MR) is 111 cm³/mol. The van der Waals surface area contributed by atoms with Gasteiger partial charge < -0.3 is 9.72 Å². The number of rotatable bonds is 7. The highest BCUT2D eigenvalue weighted by molar-refractivity contribution is 5.83. The quantitative estimate of drug-likeness (QED) is 0.465. The Hall–Kier alpha value is -3.35. The molecular weight excluding hydrogens is 381 g/mol. The maximum atomic E-state index is 14.8. The molecule has 6 nitrogen and oxygen atoms in total. The van der Waals surface area contributed by atoms with Crippen LogP contribution in [0.3, 0.4) is 0 Å². The molecule has 4 aromatic heterocycles. The number of fused-ring (bicyclic) bond motifs is 1. The van der Waals surface area contributed by atoms with Crippen LogP contribution in [-0.2, 0) is 12.8 Å². The molecule has 0 saturated heterocycles. The molecule has 1 aliphatic rings. The second kappa shape index (κ2) is 7.82. The van der Waals surface area contributed by atoms with Crippen LogP contribution in [0.1, 0.15) is 53.8 Å². The number of pyridine rings is 2. The highest BCUT2D eigenvalue weighted by atomic mass is 19.1.